The molecule has 1 saturated heterocycles. The highest BCUT2D eigenvalue weighted by molar-refractivity contribution is 5.55. The summed E-state index contributed by atoms with van der Waals surface area (Å²) in [4.78, 5) is 2.46. The third-order valence-electron chi connectivity index (χ3n) is 4.77. The fraction of sp³-hybridized carbons (Fsp3) is 0.667. The maximum atomic E-state index is 13.6. The number of hydrogen-bond acceptors (Lipinski definition) is 2. The van der Waals surface area contributed by atoms with Gasteiger partial charge in [-0.15, -0.1) is 0 Å². The predicted molar refractivity (Wildman–Crippen MR) is 88.3 cm³/mol. The summed E-state index contributed by atoms with van der Waals surface area (Å²) in [6, 6.07) is 5.41. The first-order valence-electron chi connectivity index (χ1n) is 8.37. The number of nitrogens with one attached hydrogen (secondary N) is 1. The zero-order valence-corrected chi connectivity index (χ0v) is 13.7. The number of nitrogens with zero attached hydrogens (tertiary/aromatic N) is 1. The van der Waals surface area contributed by atoms with Gasteiger partial charge in [0.2, 0.25) is 0 Å². The third kappa shape index (κ3) is 4.19. The van der Waals surface area contributed by atoms with Gasteiger partial charge in [0, 0.05) is 24.8 Å². The molecule has 1 heterocycles. The first-order chi connectivity index (χ1) is 10.2. The largest absolute Gasteiger partial charge is 0.371 e. The van der Waals surface area contributed by atoms with Crippen LogP contribution in [0.4, 0.5) is 10.1 Å². The van der Waals surface area contributed by atoms with Crippen molar-refractivity contribution < 1.29 is 4.39 Å². The van der Waals surface area contributed by atoms with E-state index in [9.17, 15) is 4.39 Å². The summed E-state index contributed by atoms with van der Waals surface area (Å²) in [5.74, 6) is 0.722. The molecular weight excluding hydrogens is 263 g/mol. The lowest BCUT2D eigenvalue weighted by molar-refractivity contribution is 0.435. The van der Waals surface area contributed by atoms with Crippen LogP contribution in [0.2, 0.25) is 0 Å². The van der Waals surface area contributed by atoms with Gasteiger partial charge in [-0.05, 0) is 62.9 Å². The van der Waals surface area contributed by atoms with Crippen molar-refractivity contribution >= 4 is 5.69 Å². The number of anilines is 1. The molecule has 1 aromatic carbocycles. The standard InChI is InChI=1S/C18H29FN2/c1-4-6-15-7-5-11-21(12-10-15)18-9-8-16(19)13-17(18)14(2)20-3/h8-9,13-15,20H,4-7,10-12H2,1-3H3. The minimum Gasteiger partial charge on any atom is -0.371 e. The molecule has 1 fully saturated rings. The predicted octanol–water partition coefficient (Wildman–Crippen LogP) is 4.51. The molecule has 0 saturated carbocycles. The quantitative estimate of drug-likeness (QED) is 0.859. The topological polar surface area (TPSA) is 15.3 Å². The van der Waals surface area contributed by atoms with E-state index in [0.29, 0.717) is 0 Å². The van der Waals surface area contributed by atoms with E-state index in [4.69, 9.17) is 0 Å². The van der Waals surface area contributed by atoms with Crippen molar-refractivity contribution in [1.29, 1.82) is 0 Å². The summed E-state index contributed by atoms with van der Waals surface area (Å²) >= 11 is 0. The maximum absolute atomic E-state index is 13.6. The number of rotatable bonds is 5. The summed E-state index contributed by atoms with van der Waals surface area (Å²) < 4.78 is 13.6. The van der Waals surface area contributed by atoms with Crippen molar-refractivity contribution in [1.82, 2.24) is 5.32 Å². The van der Waals surface area contributed by atoms with Crippen LogP contribution < -0.4 is 10.2 Å². The van der Waals surface area contributed by atoms with Crippen LogP contribution >= 0.6 is 0 Å². The first-order valence-corrected chi connectivity index (χ1v) is 8.37. The van der Waals surface area contributed by atoms with Crippen LogP contribution in [0.15, 0.2) is 18.2 Å². The van der Waals surface area contributed by atoms with Gasteiger partial charge in [-0.1, -0.05) is 19.8 Å². The Labute approximate surface area is 128 Å². The summed E-state index contributed by atoms with van der Waals surface area (Å²) in [7, 11) is 1.93. The lowest BCUT2D eigenvalue weighted by atomic mass is 9.96. The summed E-state index contributed by atoms with van der Waals surface area (Å²) in [6.07, 6.45) is 6.47. The van der Waals surface area contributed by atoms with Crippen molar-refractivity contribution in [2.24, 2.45) is 5.92 Å². The Bertz CT molecular complexity index is 447. The van der Waals surface area contributed by atoms with Gasteiger partial charge in [-0.3, -0.25) is 0 Å². The Morgan fingerprint density at radius 3 is 2.86 bits per heavy atom. The minimum absolute atomic E-state index is 0.144. The first kappa shape index (κ1) is 16.3. The molecule has 2 rings (SSSR count). The van der Waals surface area contributed by atoms with Gasteiger partial charge in [0.1, 0.15) is 5.82 Å². The number of benzene rings is 1. The van der Waals surface area contributed by atoms with Crippen LogP contribution in [0.25, 0.3) is 0 Å². The highest BCUT2D eigenvalue weighted by Crippen LogP contribution is 2.31. The van der Waals surface area contributed by atoms with Crippen molar-refractivity contribution in [2.45, 2.75) is 52.0 Å². The van der Waals surface area contributed by atoms with Crippen LogP contribution in [-0.4, -0.2) is 20.1 Å². The van der Waals surface area contributed by atoms with Gasteiger partial charge in [0.05, 0.1) is 0 Å². The molecule has 2 nitrogen and oxygen atoms in total. The van der Waals surface area contributed by atoms with Crippen LogP contribution in [0, 0.1) is 11.7 Å². The molecule has 1 N–H and O–H groups in total. The molecule has 1 aliphatic rings. The molecule has 1 aromatic rings. The highest BCUT2D eigenvalue weighted by Gasteiger charge is 2.20. The van der Waals surface area contributed by atoms with E-state index in [1.807, 2.05) is 13.1 Å². The minimum atomic E-state index is -0.144. The Morgan fingerprint density at radius 2 is 2.14 bits per heavy atom. The molecule has 0 aromatic heterocycles. The molecule has 3 heteroatoms. The lowest BCUT2D eigenvalue weighted by Crippen LogP contribution is -2.27. The number of halogens is 1. The molecule has 0 amide bonds. The van der Waals surface area contributed by atoms with E-state index in [1.165, 1.54) is 37.8 Å². The average Bonchev–Trinajstić information content (AvgIpc) is 2.72. The van der Waals surface area contributed by atoms with E-state index >= 15 is 0 Å². The molecular formula is C18H29FN2. The summed E-state index contributed by atoms with van der Waals surface area (Å²) in [5.41, 5.74) is 2.28. The molecule has 118 valence electrons. The van der Waals surface area contributed by atoms with Gasteiger partial charge in [0.15, 0.2) is 0 Å². The zero-order valence-electron chi connectivity index (χ0n) is 13.7. The molecule has 2 atom stereocenters. The van der Waals surface area contributed by atoms with Crippen LogP contribution in [0.5, 0.6) is 0 Å². The molecule has 0 aliphatic carbocycles. The molecule has 0 spiro atoms. The number of hydrogen-bond donors (Lipinski definition) is 1. The Balaban J connectivity index is 2.17. The van der Waals surface area contributed by atoms with Gasteiger partial charge < -0.3 is 10.2 Å². The third-order valence-corrected chi connectivity index (χ3v) is 4.77. The van der Waals surface area contributed by atoms with Crippen molar-refractivity contribution in [3.05, 3.63) is 29.6 Å². The van der Waals surface area contributed by atoms with Crippen molar-refractivity contribution in [3.63, 3.8) is 0 Å². The monoisotopic (exact) mass is 292 g/mol. The van der Waals surface area contributed by atoms with E-state index in [1.54, 1.807) is 12.1 Å². The van der Waals surface area contributed by atoms with Crippen molar-refractivity contribution in [3.8, 4) is 0 Å². The van der Waals surface area contributed by atoms with Crippen LogP contribution in [-0.2, 0) is 0 Å². The average molecular weight is 292 g/mol. The molecule has 0 radical (unpaired) electrons. The molecule has 21 heavy (non-hydrogen) atoms. The second-order valence-corrected chi connectivity index (χ2v) is 6.29. The van der Waals surface area contributed by atoms with E-state index in [0.717, 1.165) is 24.6 Å². The second kappa shape index (κ2) is 7.79. The van der Waals surface area contributed by atoms with E-state index < -0.39 is 0 Å². The smallest absolute Gasteiger partial charge is 0.123 e. The maximum Gasteiger partial charge on any atom is 0.123 e. The lowest BCUT2D eigenvalue weighted by Gasteiger charge is -2.28. The van der Waals surface area contributed by atoms with Crippen LogP contribution in [0.1, 0.15) is 57.6 Å². The SMILES string of the molecule is CCCC1CCCN(c2ccc(F)cc2C(C)NC)CC1. The highest BCUT2D eigenvalue weighted by atomic mass is 19.1. The summed E-state index contributed by atoms with van der Waals surface area (Å²) in [6.45, 7) is 6.56. The zero-order chi connectivity index (χ0) is 15.2. The molecule has 2 unspecified atom stereocenters. The Hall–Kier alpha value is -1.09. The van der Waals surface area contributed by atoms with Gasteiger partial charge in [-0.2, -0.15) is 0 Å². The Morgan fingerprint density at radius 1 is 1.33 bits per heavy atom. The molecule has 0 bridgehead atoms. The van der Waals surface area contributed by atoms with E-state index in [-0.39, 0.29) is 11.9 Å². The van der Waals surface area contributed by atoms with E-state index in [2.05, 4.69) is 24.1 Å². The van der Waals surface area contributed by atoms with Crippen LogP contribution in [0.3, 0.4) is 0 Å². The molecule has 1 aliphatic heterocycles. The van der Waals surface area contributed by atoms with Gasteiger partial charge >= 0.3 is 0 Å². The fourth-order valence-electron chi connectivity index (χ4n) is 3.42. The normalized spacial score (nSPS) is 21.1. The Kier molecular flexibility index (Phi) is 6.04. The van der Waals surface area contributed by atoms with Gasteiger partial charge in [-0.25, -0.2) is 4.39 Å². The second-order valence-electron chi connectivity index (χ2n) is 6.29. The fourth-order valence-corrected chi connectivity index (χ4v) is 3.42. The summed E-state index contributed by atoms with van der Waals surface area (Å²) in [5, 5.41) is 3.24. The van der Waals surface area contributed by atoms with Gasteiger partial charge in [0.25, 0.3) is 0 Å². The van der Waals surface area contributed by atoms with Crippen molar-refractivity contribution in [2.75, 3.05) is 25.0 Å².